The Hall–Kier alpha value is -2.90. The Morgan fingerprint density at radius 3 is 2.29 bits per heavy atom. The van der Waals surface area contributed by atoms with Gasteiger partial charge in [-0.3, -0.25) is 0 Å². The van der Waals surface area contributed by atoms with Crippen LogP contribution in [-0.4, -0.2) is 42.0 Å². The molecule has 0 radical (unpaired) electrons. The predicted molar refractivity (Wildman–Crippen MR) is 99.9 cm³/mol. The van der Waals surface area contributed by atoms with Gasteiger partial charge in [0.15, 0.2) is 6.10 Å². The van der Waals surface area contributed by atoms with Gasteiger partial charge in [0.05, 0.1) is 19.8 Å². The van der Waals surface area contributed by atoms with E-state index in [9.17, 15) is 9.90 Å². The summed E-state index contributed by atoms with van der Waals surface area (Å²) in [5.74, 6) is -0.802. The molecule has 2 aromatic rings. The normalized spacial score (nSPS) is 22.3. The number of hydrogen-bond acceptors (Lipinski definition) is 6. The molecule has 2 aromatic carbocycles. The third kappa shape index (κ3) is 5.09. The van der Waals surface area contributed by atoms with E-state index in [1.54, 1.807) is 0 Å². The highest BCUT2D eigenvalue weighted by atomic mass is 16.6. The molecule has 28 heavy (non-hydrogen) atoms. The highest BCUT2D eigenvalue weighted by molar-refractivity contribution is 5.78. The Labute approximate surface area is 162 Å². The zero-order chi connectivity index (χ0) is 19.8. The smallest absolute Gasteiger partial charge is 0.338 e. The van der Waals surface area contributed by atoms with Crippen molar-refractivity contribution in [1.29, 1.82) is 0 Å². The summed E-state index contributed by atoms with van der Waals surface area (Å²) < 4.78 is 16.6. The summed E-state index contributed by atoms with van der Waals surface area (Å²) in [5, 5.41) is 13.8. The van der Waals surface area contributed by atoms with E-state index in [1.165, 1.54) is 0 Å². The van der Waals surface area contributed by atoms with Crippen LogP contribution in [0.2, 0.25) is 0 Å². The molecule has 0 saturated carbocycles. The van der Waals surface area contributed by atoms with Crippen molar-refractivity contribution < 1.29 is 24.1 Å². The van der Waals surface area contributed by atoms with E-state index in [0.29, 0.717) is 6.61 Å². The number of aliphatic hydroxyl groups is 1. The minimum absolute atomic E-state index is 0.0226. The number of benzene rings is 2. The highest BCUT2D eigenvalue weighted by Gasteiger charge is 2.48. The fourth-order valence-corrected chi connectivity index (χ4v) is 2.97. The molecule has 8 nitrogen and oxygen atoms in total. The second kappa shape index (κ2) is 9.87. The molecule has 0 aliphatic carbocycles. The average molecular weight is 383 g/mol. The molecule has 1 fully saturated rings. The first-order valence-electron chi connectivity index (χ1n) is 8.89. The summed E-state index contributed by atoms with van der Waals surface area (Å²) in [6.07, 6.45) is -3.33. The van der Waals surface area contributed by atoms with Crippen LogP contribution in [0.3, 0.4) is 0 Å². The van der Waals surface area contributed by atoms with Crippen molar-refractivity contribution in [2.24, 2.45) is 5.11 Å². The van der Waals surface area contributed by atoms with Crippen LogP contribution >= 0.6 is 0 Å². The van der Waals surface area contributed by atoms with Gasteiger partial charge >= 0.3 is 5.97 Å². The van der Waals surface area contributed by atoms with E-state index in [4.69, 9.17) is 19.7 Å². The van der Waals surface area contributed by atoms with E-state index in [0.717, 1.165) is 11.1 Å². The number of azide groups is 1. The third-order valence-corrected chi connectivity index (χ3v) is 4.39. The lowest BCUT2D eigenvalue weighted by Gasteiger charge is -2.24. The number of carbonyl (C=O) groups is 1. The maximum absolute atomic E-state index is 11.9. The van der Waals surface area contributed by atoms with E-state index in [1.807, 2.05) is 60.7 Å². The molecule has 1 N–H and O–H groups in total. The maximum atomic E-state index is 11.9. The number of nitrogens with zero attached hydrogens (tertiary/aromatic N) is 3. The molecule has 146 valence electrons. The van der Waals surface area contributed by atoms with Crippen LogP contribution in [0.4, 0.5) is 0 Å². The Morgan fingerprint density at radius 2 is 1.68 bits per heavy atom. The second-order valence-electron chi connectivity index (χ2n) is 6.38. The van der Waals surface area contributed by atoms with Crippen LogP contribution in [-0.2, 0) is 32.2 Å². The monoisotopic (exact) mass is 383 g/mol. The van der Waals surface area contributed by atoms with Crippen LogP contribution < -0.4 is 0 Å². The van der Waals surface area contributed by atoms with Crippen molar-refractivity contribution in [1.82, 2.24) is 0 Å². The van der Waals surface area contributed by atoms with Crippen molar-refractivity contribution >= 4 is 5.97 Å². The van der Waals surface area contributed by atoms with Gasteiger partial charge in [-0.05, 0) is 16.7 Å². The molecule has 4 atom stereocenters. The molecule has 0 amide bonds. The molecule has 1 aliphatic rings. The number of carbonyl (C=O) groups excluding carboxylic acids is 1. The van der Waals surface area contributed by atoms with Crippen molar-refractivity contribution in [2.45, 2.75) is 37.6 Å². The summed E-state index contributed by atoms with van der Waals surface area (Å²) in [7, 11) is 0. The summed E-state index contributed by atoms with van der Waals surface area (Å²) >= 11 is 0. The largest absolute Gasteiger partial charge is 0.457 e. The Bertz CT molecular complexity index is 811. The zero-order valence-electron chi connectivity index (χ0n) is 15.1. The third-order valence-electron chi connectivity index (χ3n) is 4.39. The van der Waals surface area contributed by atoms with Crippen molar-refractivity contribution in [3.05, 3.63) is 82.2 Å². The topological polar surface area (TPSA) is 114 Å². The van der Waals surface area contributed by atoms with Gasteiger partial charge in [-0.2, -0.15) is 0 Å². The first-order chi connectivity index (χ1) is 13.7. The fraction of sp³-hybridized carbons (Fsp3) is 0.350. The number of aliphatic hydroxyl groups excluding tert-OH is 1. The Morgan fingerprint density at radius 1 is 1.07 bits per heavy atom. The quantitative estimate of drug-likeness (QED) is 0.309. The SMILES string of the molecule is [N-]=[N+]=N[C@H](COCc1ccccc1)[C@@H]1OC(=O)[C@@H](O)[C@H]1OCc1ccccc1. The minimum atomic E-state index is -1.45. The first-order valence-corrected chi connectivity index (χ1v) is 8.89. The van der Waals surface area contributed by atoms with Crippen LogP contribution in [0.25, 0.3) is 10.4 Å². The van der Waals surface area contributed by atoms with Crippen molar-refractivity contribution in [3.8, 4) is 0 Å². The van der Waals surface area contributed by atoms with E-state index in [2.05, 4.69) is 10.0 Å². The fourth-order valence-electron chi connectivity index (χ4n) is 2.97. The highest BCUT2D eigenvalue weighted by Crippen LogP contribution is 2.25. The number of ether oxygens (including phenoxy) is 3. The van der Waals surface area contributed by atoms with Crippen LogP contribution in [0.5, 0.6) is 0 Å². The van der Waals surface area contributed by atoms with Crippen LogP contribution in [0.15, 0.2) is 65.8 Å². The predicted octanol–water partition coefficient (Wildman–Crippen LogP) is 2.75. The zero-order valence-corrected chi connectivity index (χ0v) is 15.1. The summed E-state index contributed by atoms with van der Waals surface area (Å²) in [6, 6.07) is 18.0. The van der Waals surface area contributed by atoms with E-state index < -0.39 is 30.3 Å². The Balaban J connectivity index is 1.64. The number of hydrogen-bond donors (Lipinski definition) is 1. The number of esters is 1. The standard InChI is InChI=1S/C20H21N3O5/c21-23-22-16(13-26-11-14-7-3-1-4-8-14)18-19(17(24)20(25)28-18)27-12-15-9-5-2-6-10-15/h1-10,16-19,24H,11-13H2/t16-,17+,18+,19-/m1/s1. The number of cyclic esters (lactones) is 1. The maximum Gasteiger partial charge on any atom is 0.338 e. The molecule has 1 aliphatic heterocycles. The first kappa shape index (κ1) is 19.9. The van der Waals surface area contributed by atoms with E-state index >= 15 is 0 Å². The van der Waals surface area contributed by atoms with Gasteiger partial charge in [-0.25, -0.2) is 4.79 Å². The summed E-state index contributed by atoms with van der Waals surface area (Å²) in [4.78, 5) is 14.7. The van der Waals surface area contributed by atoms with Gasteiger partial charge in [0.25, 0.3) is 0 Å². The molecule has 0 spiro atoms. The molecule has 8 heteroatoms. The van der Waals surface area contributed by atoms with Gasteiger partial charge in [0, 0.05) is 4.91 Å². The van der Waals surface area contributed by atoms with Gasteiger partial charge in [-0.1, -0.05) is 65.8 Å². The molecular weight excluding hydrogens is 362 g/mol. The van der Waals surface area contributed by atoms with Crippen LogP contribution in [0.1, 0.15) is 11.1 Å². The molecule has 0 unspecified atom stereocenters. The van der Waals surface area contributed by atoms with Gasteiger partial charge in [-0.15, -0.1) is 0 Å². The minimum Gasteiger partial charge on any atom is -0.457 e. The molecule has 1 heterocycles. The average Bonchev–Trinajstić information content (AvgIpc) is 3.01. The number of rotatable bonds is 9. The second-order valence-corrected chi connectivity index (χ2v) is 6.38. The summed E-state index contributed by atoms with van der Waals surface area (Å²) in [5.41, 5.74) is 10.7. The molecule has 0 aromatic heterocycles. The van der Waals surface area contributed by atoms with Crippen molar-refractivity contribution in [2.75, 3.05) is 6.61 Å². The molecule has 1 saturated heterocycles. The van der Waals surface area contributed by atoms with Gasteiger partial charge in [0.2, 0.25) is 0 Å². The van der Waals surface area contributed by atoms with Gasteiger partial charge in [0.1, 0.15) is 18.2 Å². The molecule has 0 bridgehead atoms. The summed E-state index contributed by atoms with van der Waals surface area (Å²) in [6.45, 7) is 0.523. The lowest BCUT2D eigenvalue weighted by atomic mass is 10.0. The van der Waals surface area contributed by atoms with Gasteiger partial charge < -0.3 is 19.3 Å². The molecule has 3 rings (SSSR count). The lowest BCUT2D eigenvalue weighted by Crippen LogP contribution is -2.41. The van der Waals surface area contributed by atoms with E-state index in [-0.39, 0.29) is 13.2 Å². The Kier molecular flexibility index (Phi) is 7.00. The molecular formula is C20H21N3O5. The lowest BCUT2D eigenvalue weighted by molar-refractivity contribution is -0.148. The van der Waals surface area contributed by atoms with Crippen LogP contribution in [0, 0.1) is 0 Å². The van der Waals surface area contributed by atoms with Crippen molar-refractivity contribution in [3.63, 3.8) is 0 Å².